The third-order valence-electron chi connectivity index (χ3n) is 3.31. The summed E-state index contributed by atoms with van der Waals surface area (Å²) in [4.78, 5) is 5.23. The molecule has 0 saturated heterocycles. The summed E-state index contributed by atoms with van der Waals surface area (Å²) in [5.41, 5.74) is 7.39. The van der Waals surface area contributed by atoms with Crippen LogP contribution in [-0.2, 0) is 16.6 Å². The molecule has 0 aliphatic heterocycles. The minimum absolute atomic E-state index is 0.115. The van der Waals surface area contributed by atoms with Gasteiger partial charge < -0.3 is 5.73 Å². The third kappa shape index (κ3) is 3.76. The second kappa shape index (κ2) is 6.90. The highest BCUT2D eigenvalue weighted by Crippen LogP contribution is 2.29. The zero-order valence-corrected chi connectivity index (χ0v) is 14.8. The van der Waals surface area contributed by atoms with Crippen molar-refractivity contribution >= 4 is 38.1 Å². The molecule has 3 rings (SSSR count). The highest BCUT2D eigenvalue weighted by Gasteiger charge is 2.17. The molecule has 0 fully saturated rings. The lowest BCUT2D eigenvalue weighted by Gasteiger charge is -2.07. The molecule has 5 nitrogen and oxygen atoms in total. The molecule has 0 atom stereocenters. The first-order valence-corrected chi connectivity index (χ1v) is 9.69. The largest absolute Gasteiger partial charge is 0.375 e. The Hall–Kier alpha value is -1.93. The number of aromatic nitrogens is 1. The molecule has 0 bridgehead atoms. The molecule has 124 valence electrons. The number of nitrogens with one attached hydrogen (secondary N) is 1. The second-order valence-corrected chi connectivity index (χ2v) is 8.29. The molecule has 3 N–H and O–H groups in total. The van der Waals surface area contributed by atoms with Crippen molar-refractivity contribution < 1.29 is 8.42 Å². The Balaban J connectivity index is 1.84. The van der Waals surface area contributed by atoms with Crippen molar-refractivity contribution in [2.45, 2.75) is 11.4 Å². The Morgan fingerprint density at radius 3 is 2.42 bits per heavy atom. The molecular formula is C16H14ClN3O2S2. The van der Waals surface area contributed by atoms with E-state index < -0.39 is 10.0 Å². The minimum atomic E-state index is -3.64. The highest BCUT2D eigenvalue weighted by molar-refractivity contribution is 7.89. The molecule has 0 saturated carbocycles. The maximum absolute atomic E-state index is 12.4. The summed E-state index contributed by atoms with van der Waals surface area (Å²) < 4.78 is 27.3. The molecule has 0 unspecified atom stereocenters. The van der Waals surface area contributed by atoms with Crippen molar-refractivity contribution in [3.63, 3.8) is 0 Å². The van der Waals surface area contributed by atoms with E-state index in [0.29, 0.717) is 15.8 Å². The zero-order chi connectivity index (χ0) is 17.2. The van der Waals surface area contributed by atoms with E-state index in [0.717, 1.165) is 10.4 Å². The van der Waals surface area contributed by atoms with Crippen LogP contribution in [0.4, 0.5) is 5.13 Å². The maximum atomic E-state index is 12.4. The fraction of sp³-hybridized carbons (Fsp3) is 0.0625. The number of sulfonamides is 1. The van der Waals surface area contributed by atoms with Crippen LogP contribution in [-0.4, -0.2) is 13.4 Å². The summed E-state index contributed by atoms with van der Waals surface area (Å²) >= 11 is 7.06. The number of nitrogens with zero attached hydrogens (tertiary/aromatic N) is 1. The molecule has 0 spiro atoms. The van der Waals surface area contributed by atoms with Crippen molar-refractivity contribution in [3.8, 4) is 11.3 Å². The van der Waals surface area contributed by atoms with Crippen molar-refractivity contribution in [2.75, 3.05) is 5.73 Å². The lowest BCUT2D eigenvalue weighted by Crippen LogP contribution is -2.23. The number of hydrogen-bond donors (Lipinski definition) is 2. The summed E-state index contributed by atoms with van der Waals surface area (Å²) in [5, 5.41) is 0.880. The van der Waals surface area contributed by atoms with E-state index in [2.05, 4.69) is 9.71 Å². The molecule has 2 aromatic carbocycles. The Kier molecular flexibility index (Phi) is 4.86. The van der Waals surface area contributed by atoms with Gasteiger partial charge in [-0.15, -0.1) is 11.3 Å². The number of anilines is 1. The van der Waals surface area contributed by atoms with E-state index in [9.17, 15) is 8.42 Å². The van der Waals surface area contributed by atoms with Gasteiger partial charge in [-0.2, -0.15) is 0 Å². The molecular weight excluding hydrogens is 366 g/mol. The van der Waals surface area contributed by atoms with Crippen molar-refractivity contribution in [2.24, 2.45) is 0 Å². The molecule has 1 aromatic heterocycles. The van der Waals surface area contributed by atoms with Crippen LogP contribution < -0.4 is 10.5 Å². The van der Waals surface area contributed by atoms with Crippen molar-refractivity contribution in [1.82, 2.24) is 9.71 Å². The van der Waals surface area contributed by atoms with Gasteiger partial charge in [-0.25, -0.2) is 18.1 Å². The minimum Gasteiger partial charge on any atom is -0.375 e. The number of benzene rings is 2. The summed E-state index contributed by atoms with van der Waals surface area (Å²) in [6.07, 6.45) is 0. The molecule has 0 amide bonds. The van der Waals surface area contributed by atoms with Gasteiger partial charge >= 0.3 is 0 Å². The van der Waals surface area contributed by atoms with Crippen LogP contribution in [0.1, 0.15) is 4.88 Å². The van der Waals surface area contributed by atoms with Gasteiger partial charge in [0.1, 0.15) is 0 Å². The monoisotopic (exact) mass is 379 g/mol. The maximum Gasteiger partial charge on any atom is 0.240 e. The first-order chi connectivity index (χ1) is 11.5. The van der Waals surface area contributed by atoms with E-state index >= 15 is 0 Å². The van der Waals surface area contributed by atoms with Gasteiger partial charge in [-0.3, -0.25) is 0 Å². The fourth-order valence-electron chi connectivity index (χ4n) is 2.17. The van der Waals surface area contributed by atoms with E-state index in [1.165, 1.54) is 35.6 Å². The third-order valence-corrected chi connectivity index (χ3v) is 5.86. The number of halogens is 1. The van der Waals surface area contributed by atoms with Gasteiger partial charge in [0.05, 0.1) is 10.6 Å². The average Bonchev–Trinajstić information content (AvgIpc) is 2.95. The van der Waals surface area contributed by atoms with Gasteiger partial charge in [-0.1, -0.05) is 41.9 Å². The van der Waals surface area contributed by atoms with Gasteiger partial charge in [0, 0.05) is 22.0 Å². The van der Waals surface area contributed by atoms with Gasteiger partial charge in [0.2, 0.25) is 10.0 Å². The standard InChI is InChI=1S/C16H14ClN3O2S2/c17-12-6-8-13(9-7-12)24(21,22)19-10-14-15(20-16(18)23-14)11-4-2-1-3-5-11/h1-9,19H,10H2,(H2,18,20). The summed E-state index contributed by atoms with van der Waals surface area (Å²) in [5.74, 6) is 0. The lowest BCUT2D eigenvalue weighted by atomic mass is 10.1. The van der Waals surface area contributed by atoms with Crippen LogP contribution >= 0.6 is 22.9 Å². The zero-order valence-electron chi connectivity index (χ0n) is 12.4. The van der Waals surface area contributed by atoms with E-state index in [4.69, 9.17) is 17.3 Å². The summed E-state index contributed by atoms with van der Waals surface area (Å²) in [6, 6.07) is 15.5. The Morgan fingerprint density at radius 1 is 1.08 bits per heavy atom. The Morgan fingerprint density at radius 2 is 1.75 bits per heavy atom. The number of thiazole rings is 1. The van der Waals surface area contributed by atoms with Gasteiger partial charge in [0.15, 0.2) is 5.13 Å². The van der Waals surface area contributed by atoms with Crippen LogP contribution in [0.25, 0.3) is 11.3 Å². The smallest absolute Gasteiger partial charge is 0.240 e. The number of rotatable bonds is 5. The van der Waals surface area contributed by atoms with Crippen molar-refractivity contribution in [3.05, 3.63) is 64.5 Å². The number of nitrogen functional groups attached to an aromatic ring is 1. The molecule has 0 radical (unpaired) electrons. The van der Waals surface area contributed by atoms with Gasteiger partial charge in [-0.05, 0) is 24.3 Å². The van der Waals surface area contributed by atoms with E-state index in [-0.39, 0.29) is 11.4 Å². The predicted octanol–water partition coefficient (Wildman–Crippen LogP) is 3.52. The highest BCUT2D eigenvalue weighted by atomic mass is 35.5. The van der Waals surface area contributed by atoms with Crippen LogP contribution in [0.5, 0.6) is 0 Å². The molecule has 0 aliphatic rings. The number of hydrogen-bond acceptors (Lipinski definition) is 5. The molecule has 3 aromatic rings. The molecule has 1 heterocycles. The summed E-state index contributed by atoms with van der Waals surface area (Å²) in [7, 11) is -3.64. The topological polar surface area (TPSA) is 85.1 Å². The predicted molar refractivity (Wildman–Crippen MR) is 97.4 cm³/mol. The summed E-state index contributed by atoms with van der Waals surface area (Å²) in [6.45, 7) is 0.115. The first-order valence-electron chi connectivity index (χ1n) is 7.01. The normalized spacial score (nSPS) is 11.5. The molecule has 0 aliphatic carbocycles. The lowest BCUT2D eigenvalue weighted by molar-refractivity contribution is 0.582. The fourth-order valence-corrected chi connectivity index (χ4v) is 4.18. The van der Waals surface area contributed by atoms with Crippen molar-refractivity contribution in [1.29, 1.82) is 0 Å². The van der Waals surface area contributed by atoms with E-state index in [1.54, 1.807) is 0 Å². The van der Waals surface area contributed by atoms with Crippen LogP contribution in [0.2, 0.25) is 5.02 Å². The molecule has 8 heteroatoms. The van der Waals surface area contributed by atoms with Crippen LogP contribution in [0.3, 0.4) is 0 Å². The quantitative estimate of drug-likeness (QED) is 0.710. The SMILES string of the molecule is Nc1nc(-c2ccccc2)c(CNS(=O)(=O)c2ccc(Cl)cc2)s1. The van der Waals surface area contributed by atoms with Crippen LogP contribution in [0.15, 0.2) is 59.5 Å². The molecule has 24 heavy (non-hydrogen) atoms. The average molecular weight is 380 g/mol. The Labute approximate surface area is 149 Å². The van der Waals surface area contributed by atoms with E-state index in [1.807, 2.05) is 30.3 Å². The second-order valence-electron chi connectivity index (χ2n) is 4.97. The first kappa shape index (κ1) is 16.9. The van der Waals surface area contributed by atoms with Gasteiger partial charge in [0.25, 0.3) is 0 Å². The Bertz CT molecular complexity index is 939. The van der Waals surface area contributed by atoms with Crippen LogP contribution in [0, 0.1) is 0 Å². The number of nitrogens with two attached hydrogens (primary N) is 1.